The second kappa shape index (κ2) is 7.83. The molecule has 120 valence electrons. The lowest BCUT2D eigenvalue weighted by Gasteiger charge is -2.27. The summed E-state index contributed by atoms with van der Waals surface area (Å²) in [4.78, 5) is 26.9. The smallest absolute Gasteiger partial charge is 0.224 e. The summed E-state index contributed by atoms with van der Waals surface area (Å²) in [5, 5.41) is -0.0813. The van der Waals surface area contributed by atoms with Crippen LogP contribution in [0.15, 0.2) is 59.5 Å². The van der Waals surface area contributed by atoms with E-state index >= 15 is 0 Å². The lowest BCUT2D eigenvalue weighted by atomic mass is 10.2. The summed E-state index contributed by atoms with van der Waals surface area (Å²) in [5.74, 6) is 0.527. The number of carbonyl (C=O) groups excluding carboxylic acids is 2. The molecule has 0 aliphatic heterocycles. The molecule has 0 aliphatic carbocycles. The van der Waals surface area contributed by atoms with Crippen LogP contribution in [0.1, 0.15) is 13.8 Å². The Labute approximate surface area is 140 Å². The summed E-state index contributed by atoms with van der Waals surface area (Å²) in [5.41, 5.74) is 0.674. The SMILES string of the molecule is COc1ccc(N(C(C)=O)[C@@H](C)C(=O)Sc2ccccc2)cc1. The third-order valence-electron chi connectivity index (χ3n) is 3.38. The van der Waals surface area contributed by atoms with Gasteiger partial charge in [0.05, 0.1) is 7.11 Å². The minimum Gasteiger partial charge on any atom is -0.497 e. The molecule has 2 rings (SSSR count). The molecule has 0 radical (unpaired) electrons. The second-order valence-corrected chi connectivity index (χ2v) is 6.08. The summed E-state index contributed by atoms with van der Waals surface area (Å²) in [6.45, 7) is 3.20. The van der Waals surface area contributed by atoms with Gasteiger partial charge in [-0.05, 0) is 55.1 Å². The molecule has 1 amide bonds. The van der Waals surface area contributed by atoms with Gasteiger partial charge >= 0.3 is 0 Å². The predicted molar refractivity (Wildman–Crippen MR) is 92.9 cm³/mol. The van der Waals surface area contributed by atoms with Crippen LogP contribution in [0.5, 0.6) is 5.75 Å². The first-order chi connectivity index (χ1) is 11.0. The average molecular weight is 329 g/mol. The molecule has 0 saturated carbocycles. The van der Waals surface area contributed by atoms with Crippen molar-refractivity contribution in [2.75, 3.05) is 12.0 Å². The van der Waals surface area contributed by atoms with Crippen molar-refractivity contribution < 1.29 is 14.3 Å². The van der Waals surface area contributed by atoms with Crippen LogP contribution in [-0.4, -0.2) is 24.2 Å². The van der Waals surface area contributed by atoms with Gasteiger partial charge in [-0.15, -0.1) is 0 Å². The van der Waals surface area contributed by atoms with Crippen molar-refractivity contribution >= 4 is 28.5 Å². The number of methoxy groups -OCH3 is 1. The number of ether oxygens (including phenoxy) is 1. The first-order valence-corrected chi connectivity index (χ1v) is 8.05. The number of benzene rings is 2. The summed E-state index contributed by atoms with van der Waals surface area (Å²) in [7, 11) is 1.58. The van der Waals surface area contributed by atoms with Crippen molar-refractivity contribution in [2.45, 2.75) is 24.8 Å². The van der Waals surface area contributed by atoms with E-state index in [-0.39, 0.29) is 11.0 Å². The molecule has 0 spiro atoms. The van der Waals surface area contributed by atoms with Gasteiger partial charge in [0, 0.05) is 17.5 Å². The molecule has 5 heteroatoms. The van der Waals surface area contributed by atoms with Crippen molar-refractivity contribution in [2.24, 2.45) is 0 Å². The van der Waals surface area contributed by atoms with Gasteiger partial charge in [-0.2, -0.15) is 0 Å². The van der Waals surface area contributed by atoms with Crippen LogP contribution in [-0.2, 0) is 9.59 Å². The van der Waals surface area contributed by atoms with E-state index in [1.807, 2.05) is 30.3 Å². The van der Waals surface area contributed by atoms with Crippen molar-refractivity contribution in [3.63, 3.8) is 0 Å². The standard InChI is InChI=1S/C18H19NO3S/c1-13(18(21)23-17-7-5-4-6-8-17)19(14(2)20)15-9-11-16(22-3)12-10-15/h4-13H,1-3H3/t13-/m0/s1. The van der Waals surface area contributed by atoms with Crippen LogP contribution in [0, 0.1) is 0 Å². The largest absolute Gasteiger partial charge is 0.497 e. The van der Waals surface area contributed by atoms with Gasteiger partial charge in [-0.1, -0.05) is 18.2 Å². The number of carbonyl (C=O) groups is 2. The predicted octanol–water partition coefficient (Wildman–Crippen LogP) is 3.76. The molecule has 1 atom stereocenters. The highest BCUT2D eigenvalue weighted by Gasteiger charge is 2.25. The lowest BCUT2D eigenvalue weighted by Crippen LogP contribution is -2.41. The Hall–Kier alpha value is -2.27. The first kappa shape index (κ1) is 17.1. The average Bonchev–Trinajstić information content (AvgIpc) is 2.56. The Morgan fingerprint density at radius 2 is 1.65 bits per heavy atom. The normalized spacial score (nSPS) is 11.6. The van der Waals surface area contributed by atoms with Gasteiger partial charge in [-0.25, -0.2) is 0 Å². The fourth-order valence-electron chi connectivity index (χ4n) is 2.22. The Morgan fingerprint density at radius 1 is 1.04 bits per heavy atom. The van der Waals surface area contributed by atoms with E-state index in [0.29, 0.717) is 11.4 Å². The van der Waals surface area contributed by atoms with E-state index < -0.39 is 6.04 Å². The fraction of sp³-hybridized carbons (Fsp3) is 0.222. The Kier molecular flexibility index (Phi) is 5.82. The minimum absolute atomic E-state index is 0.0813. The number of rotatable bonds is 5. The number of hydrogen-bond acceptors (Lipinski definition) is 4. The number of anilines is 1. The van der Waals surface area contributed by atoms with Crippen LogP contribution in [0.25, 0.3) is 0 Å². The van der Waals surface area contributed by atoms with Gasteiger partial charge in [0.2, 0.25) is 11.0 Å². The second-order valence-electron chi connectivity index (χ2n) is 5.00. The maximum absolute atomic E-state index is 12.5. The summed E-state index contributed by atoms with van der Waals surface area (Å²) >= 11 is 1.14. The van der Waals surface area contributed by atoms with E-state index in [4.69, 9.17) is 4.74 Å². The van der Waals surface area contributed by atoms with Crippen LogP contribution in [0.4, 0.5) is 5.69 Å². The minimum atomic E-state index is -0.564. The topological polar surface area (TPSA) is 46.6 Å². The van der Waals surface area contributed by atoms with E-state index in [1.54, 1.807) is 38.3 Å². The number of nitrogens with zero attached hydrogens (tertiary/aromatic N) is 1. The van der Waals surface area contributed by atoms with E-state index in [1.165, 1.54) is 11.8 Å². The highest BCUT2D eigenvalue weighted by Crippen LogP contribution is 2.26. The Morgan fingerprint density at radius 3 is 2.17 bits per heavy atom. The molecule has 0 aromatic heterocycles. The number of thioether (sulfide) groups is 1. The van der Waals surface area contributed by atoms with Crippen molar-refractivity contribution in [3.05, 3.63) is 54.6 Å². The quantitative estimate of drug-likeness (QED) is 0.784. The first-order valence-electron chi connectivity index (χ1n) is 7.23. The molecule has 0 aliphatic rings. The maximum Gasteiger partial charge on any atom is 0.224 e. The van der Waals surface area contributed by atoms with E-state index in [9.17, 15) is 9.59 Å². The molecule has 0 bridgehead atoms. The molecule has 0 saturated heterocycles. The molecule has 23 heavy (non-hydrogen) atoms. The molecule has 0 fully saturated rings. The van der Waals surface area contributed by atoms with Gasteiger partial charge in [0.15, 0.2) is 0 Å². The number of amides is 1. The monoisotopic (exact) mass is 329 g/mol. The van der Waals surface area contributed by atoms with Gasteiger partial charge in [0.1, 0.15) is 11.8 Å². The van der Waals surface area contributed by atoms with E-state index in [0.717, 1.165) is 16.7 Å². The molecular formula is C18H19NO3S. The lowest BCUT2D eigenvalue weighted by molar-refractivity contribution is -0.120. The number of hydrogen-bond donors (Lipinski definition) is 0. The third-order valence-corrected chi connectivity index (χ3v) is 4.43. The van der Waals surface area contributed by atoms with Crippen LogP contribution in [0.3, 0.4) is 0 Å². The third kappa shape index (κ3) is 4.36. The van der Waals surface area contributed by atoms with Crippen molar-refractivity contribution in [1.82, 2.24) is 0 Å². The highest BCUT2D eigenvalue weighted by atomic mass is 32.2. The van der Waals surface area contributed by atoms with Crippen LogP contribution >= 0.6 is 11.8 Å². The summed E-state index contributed by atoms with van der Waals surface area (Å²) < 4.78 is 5.12. The highest BCUT2D eigenvalue weighted by molar-refractivity contribution is 8.13. The molecule has 0 heterocycles. The molecule has 2 aromatic carbocycles. The summed E-state index contributed by atoms with van der Waals surface area (Å²) in [6, 6.07) is 15.9. The van der Waals surface area contributed by atoms with Crippen molar-refractivity contribution in [1.29, 1.82) is 0 Å². The van der Waals surface area contributed by atoms with E-state index in [2.05, 4.69) is 0 Å². The molecular weight excluding hydrogens is 310 g/mol. The molecule has 4 nitrogen and oxygen atoms in total. The van der Waals surface area contributed by atoms with Gasteiger partial charge in [-0.3, -0.25) is 9.59 Å². The Bertz CT molecular complexity index is 670. The zero-order valence-electron chi connectivity index (χ0n) is 13.4. The molecule has 0 unspecified atom stereocenters. The van der Waals surface area contributed by atoms with Crippen LogP contribution in [0.2, 0.25) is 0 Å². The zero-order chi connectivity index (χ0) is 16.8. The molecule has 0 N–H and O–H groups in total. The van der Waals surface area contributed by atoms with Gasteiger partial charge < -0.3 is 9.64 Å². The van der Waals surface area contributed by atoms with Crippen molar-refractivity contribution in [3.8, 4) is 5.75 Å². The van der Waals surface area contributed by atoms with Gasteiger partial charge in [0.25, 0.3) is 0 Å². The zero-order valence-corrected chi connectivity index (χ0v) is 14.2. The fourth-order valence-corrected chi connectivity index (χ4v) is 3.02. The Balaban J connectivity index is 2.18. The molecule has 2 aromatic rings. The van der Waals surface area contributed by atoms with Crippen LogP contribution < -0.4 is 9.64 Å². The summed E-state index contributed by atoms with van der Waals surface area (Å²) in [6.07, 6.45) is 0. The maximum atomic E-state index is 12.5.